The van der Waals surface area contributed by atoms with Crippen LogP contribution in [0.15, 0.2) is 48.5 Å². The molecule has 3 N–H and O–H groups in total. The van der Waals surface area contributed by atoms with Crippen LogP contribution >= 0.6 is 0 Å². The van der Waals surface area contributed by atoms with Crippen LogP contribution < -0.4 is 15.2 Å². The zero-order chi connectivity index (χ0) is 15.5. The molecule has 0 fully saturated rings. The molecule has 0 saturated carbocycles. The third-order valence-corrected chi connectivity index (χ3v) is 3.49. The molecule has 1 aromatic heterocycles. The number of anilines is 1. The molecule has 3 rings (SSSR count). The summed E-state index contributed by atoms with van der Waals surface area (Å²) in [6.45, 7) is 0. The highest BCUT2D eigenvalue weighted by Gasteiger charge is 2.15. The Morgan fingerprint density at radius 1 is 0.909 bits per heavy atom. The number of aromatic nitrogens is 2. The third kappa shape index (κ3) is 2.48. The van der Waals surface area contributed by atoms with E-state index in [9.17, 15) is 0 Å². The number of hydrogen-bond acceptors (Lipinski definition) is 4. The van der Waals surface area contributed by atoms with Gasteiger partial charge in [-0.1, -0.05) is 30.3 Å². The number of H-pyrrole nitrogens is 1. The van der Waals surface area contributed by atoms with Crippen LogP contribution in [0, 0.1) is 0 Å². The van der Waals surface area contributed by atoms with E-state index in [4.69, 9.17) is 15.2 Å². The molecule has 0 aliphatic rings. The molecule has 0 amide bonds. The van der Waals surface area contributed by atoms with E-state index in [1.165, 1.54) is 0 Å². The third-order valence-electron chi connectivity index (χ3n) is 3.49. The molecule has 3 aromatic rings. The molecule has 22 heavy (non-hydrogen) atoms. The summed E-state index contributed by atoms with van der Waals surface area (Å²) in [6, 6.07) is 15.7. The predicted molar refractivity (Wildman–Crippen MR) is 87.0 cm³/mol. The highest BCUT2D eigenvalue weighted by atomic mass is 16.5. The molecule has 0 atom stereocenters. The maximum Gasteiger partial charge on any atom is 0.145 e. The Balaban J connectivity index is 2.18. The van der Waals surface area contributed by atoms with Gasteiger partial charge in [-0.2, -0.15) is 5.10 Å². The van der Waals surface area contributed by atoms with Gasteiger partial charge < -0.3 is 15.2 Å². The van der Waals surface area contributed by atoms with Gasteiger partial charge in [-0.3, -0.25) is 5.10 Å². The van der Waals surface area contributed by atoms with E-state index in [0.29, 0.717) is 5.82 Å². The summed E-state index contributed by atoms with van der Waals surface area (Å²) in [7, 11) is 3.29. The molecule has 0 aliphatic carbocycles. The Kier molecular flexibility index (Phi) is 3.70. The normalized spacial score (nSPS) is 10.5. The first kappa shape index (κ1) is 14.0. The molecule has 2 aromatic carbocycles. The van der Waals surface area contributed by atoms with E-state index in [2.05, 4.69) is 10.2 Å². The van der Waals surface area contributed by atoms with Crippen molar-refractivity contribution in [3.05, 3.63) is 48.5 Å². The molecule has 0 aliphatic heterocycles. The van der Waals surface area contributed by atoms with Crippen LogP contribution in [0.3, 0.4) is 0 Å². The number of rotatable bonds is 4. The van der Waals surface area contributed by atoms with Gasteiger partial charge in [0.15, 0.2) is 0 Å². The second kappa shape index (κ2) is 5.81. The Morgan fingerprint density at radius 2 is 1.55 bits per heavy atom. The first-order valence-corrected chi connectivity index (χ1v) is 6.85. The van der Waals surface area contributed by atoms with Gasteiger partial charge >= 0.3 is 0 Å². The average molecular weight is 295 g/mol. The Labute approximate surface area is 128 Å². The van der Waals surface area contributed by atoms with Crippen molar-refractivity contribution in [3.63, 3.8) is 0 Å². The van der Waals surface area contributed by atoms with E-state index in [1.807, 2.05) is 42.5 Å². The second-order valence-corrected chi connectivity index (χ2v) is 4.83. The summed E-state index contributed by atoms with van der Waals surface area (Å²) in [5, 5.41) is 6.86. The molecule has 0 spiro atoms. The summed E-state index contributed by atoms with van der Waals surface area (Å²) in [5.41, 5.74) is 9.35. The van der Waals surface area contributed by atoms with Crippen LogP contribution in [-0.2, 0) is 0 Å². The Bertz CT molecular complexity index is 782. The number of nitrogens with one attached hydrogen (secondary N) is 1. The van der Waals surface area contributed by atoms with E-state index in [-0.39, 0.29) is 0 Å². The number of aromatic amines is 1. The first-order valence-electron chi connectivity index (χ1n) is 6.85. The monoisotopic (exact) mass is 295 g/mol. The first-order chi connectivity index (χ1) is 10.7. The summed E-state index contributed by atoms with van der Waals surface area (Å²) >= 11 is 0. The van der Waals surface area contributed by atoms with Crippen molar-refractivity contribution in [2.75, 3.05) is 20.0 Å². The quantitative estimate of drug-likeness (QED) is 0.774. The SMILES string of the molecule is COc1cc(-c2cc(N)n[nH]2)c(OC)cc1-c1ccccc1. The molecular weight excluding hydrogens is 278 g/mol. The minimum absolute atomic E-state index is 0.433. The van der Waals surface area contributed by atoms with Crippen LogP contribution in [0.5, 0.6) is 11.5 Å². The van der Waals surface area contributed by atoms with Crippen molar-refractivity contribution in [1.29, 1.82) is 0 Å². The average Bonchev–Trinajstić information content (AvgIpc) is 3.00. The number of nitrogens with zero attached hydrogens (tertiary/aromatic N) is 1. The zero-order valence-electron chi connectivity index (χ0n) is 12.5. The molecule has 1 heterocycles. The topological polar surface area (TPSA) is 73.2 Å². The van der Waals surface area contributed by atoms with Crippen LogP contribution in [0.1, 0.15) is 0 Å². The Morgan fingerprint density at radius 3 is 2.14 bits per heavy atom. The van der Waals surface area contributed by atoms with Gasteiger partial charge in [0.05, 0.1) is 19.9 Å². The molecule has 0 bridgehead atoms. The molecular formula is C17H17N3O2. The summed E-state index contributed by atoms with van der Waals surface area (Å²) < 4.78 is 11.1. The van der Waals surface area contributed by atoms with Gasteiger partial charge in [-0.15, -0.1) is 0 Å². The largest absolute Gasteiger partial charge is 0.496 e. The zero-order valence-corrected chi connectivity index (χ0v) is 12.5. The van der Waals surface area contributed by atoms with Gasteiger partial charge in [0.2, 0.25) is 0 Å². The fourth-order valence-corrected chi connectivity index (χ4v) is 2.43. The molecule has 5 heteroatoms. The van der Waals surface area contributed by atoms with Crippen molar-refractivity contribution >= 4 is 5.82 Å². The molecule has 112 valence electrons. The van der Waals surface area contributed by atoms with Gasteiger partial charge in [0, 0.05) is 17.2 Å². The number of ether oxygens (including phenoxy) is 2. The fraction of sp³-hybridized carbons (Fsp3) is 0.118. The smallest absolute Gasteiger partial charge is 0.145 e. The molecule has 0 saturated heterocycles. The number of methoxy groups -OCH3 is 2. The number of nitrogens with two attached hydrogens (primary N) is 1. The van der Waals surface area contributed by atoms with Crippen molar-refractivity contribution in [2.24, 2.45) is 0 Å². The summed E-state index contributed by atoms with van der Waals surface area (Å²) in [6.07, 6.45) is 0. The lowest BCUT2D eigenvalue weighted by Crippen LogP contribution is -1.94. The maximum absolute atomic E-state index is 5.68. The minimum atomic E-state index is 0.433. The Hall–Kier alpha value is -2.95. The fourth-order valence-electron chi connectivity index (χ4n) is 2.43. The van der Waals surface area contributed by atoms with Crippen LogP contribution in [0.25, 0.3) is 22.4 Å². The van der Waals surface area contributed by atoms with E-state index < -0.39 is 0 Å². The lowest BCUT2D eigenvalue weighted by Gasteiger charge is -2.14. The molecule has 0 radical (unpaired) electrons. The maximum atomic E-state index is 5.68. The van der Waals surface area contributed by atoms with Crippen LogP contribution in [0.4, 0.5) is 5.82 Å². The lowest BCUT2D eigenvalue weighted by atomic mass is 10.0. The summed E-state index contributed by atoms with van der Waals surface area (Å²) in [4.78, 5) is 0. The lowest BCUT2D eigenvalue weighted by molar-refractivity contribution is 0.406. The highest BCUT2D eigenvalue weighted by molar-refractivity contribution is 5.80. The van der Waals surface area contributed by atoms with Crippen molar-refractivity contribution in [1.82, 2.24) is 10.2 Å². The number of nitrogen functional groups attached to an aromatic ring is 1. The second-order valence-electron chi connectivity index (χ2n) is 4.83. The highest BCUT2D eigenvalue weighted by Crippen LogP contribution is 2.40. The van der Waals surface area contributed by atoms with Crippen molar-refractivity contribution < 1.29 is 9.47 Å². The molecule has 5 nitrogen and oxygen atoms in total. The predicted octanol–water partition coefficient (Wildman–Crippen LogP) is 3.34. The van der Waals surface area contributed by atoms with E-state index in [0.717, 1.165) is 33.9 Å². The van der Waals surface area contributed by atoms with E-state index in [1.54, 1.807) is 20.3 Å². The number of benzene rings is 2. The van der Waals surface area contributed by atoms with Gasteiger partial charge in [-0.05, 0) is 17.7 Å². The van der Waals surface area contributed by atoms with Gasteiger partial charge in [0.1, 0.15) is 17.3 Å². The van der Waals surface area contributed by atoms with E-state index >= 15 is 0 Å². The minimum Gasteiger partial charge on any atom is -0.496 e. The van der Waals surface area contributed by atoms with Gasteiger partial charge in [-0.25, -0.2) is 0 Å². The summed E-state index contributed by atoms with van der Waals surface area (Å²) in [5.74, 6) is 1.92. The molecule has 0 unspecified atom stereocenters. The standard InChI is InChI=1S/C17H17N3O2/c1-21-15-9-13(14-10-17(18)20-19-14)16(22-2)8-12(15)11-6-4-3-5-7-11/h3-10H,1-2H3,(H3,18,19,20). The van der Waals surface area contributed by atoms with Gasteiger partial charge in [0.25, 0.3) is 0 Å². The number of hydrogen-bond donors (Lipinski definition) is 2. The van der Waals surface area contributed by atoms with Crippen LogP contribution in [-0.4, -0.2) is 24.4 Å². The van der Waals surface area contributed by atoms with Crippen molar-refractivity contribution in [3.8, 4) is 33.9 Å². The van der Waals surface area contributed by atoms with Crippen molar-refractivity contribution in [2.45, 2.75) is 0 Å². The van der Waals surface area contributed by atoms with Crippen LogP contribution in [0.2, 0.25) is 0 Å².